The number of benzene rings is 2. The highest BCUT2D eigenvalue weighted by molar-refractivity contribution is 7.92. The Morgan fingerprint density at radius 2 is 1.68 bits per heavy atom. The van der Waals surface area contributed by atoms with Gasteiger partial charge in [-0.25, -0.2) is 17.2 Å². The molecule has 0 spiro atoms. The second-order valence-electron chi connectivity index (χ2n) is 10.5. The van der Waals surface area contributed by atoms with Crippen LogP contribution < -0.4 is 10.3 Å². The largest absolute Gasteiger partial charge is 0.318 e. The number of hydrogen-bond acceptors (Lipinski definition) is 5. The molecule has 0 fully saturated rings. The van der Waals surface area contributed by atoms with Crippen LogP contribution in [0.2, 0.25) is 0 Å². The number of carbonyl (C=O) groups is 1. The van der Waals surface area contributed by atoms with E-state index in [2.05, 4.69) is 4.72 Å². The van der Waals surface area contributed by atoms with Crippen LogP contribution in [0.4, 0.5) is 14.5 Å². The second-order valence-corrected chi connectivity index (χ2v) is 14.8. The molecular formula is C29H34F2N2O5S2. The fourth-order valence-corrected chi connectivity index (χ4v) is 6.04. The Balaban J connectivity index is 2.36. The predicted molar refractivity (Wildman–Crippen MR) is 156 cm³/mol. The van der Waals surface area contributed by atoms with Crippen molar-refractivity contribution in [1.29, 1.82) is 0 Å². The molecule has 11 heteroatoms. The van der Waals surface area contributed by atoms with Crippen molar-refractivity contribution in [3.05, 3.63) is 87.3 Å². The van der Waals surface area contributed by atoms with Gasteiger partial charge in [-0.2, -0.15) is 0 Å². The summed E-state index contributed by atoms with van der Waals surface area (Å²) in [7, 11) is -3.63. The smallest absolute Gasteiger partial charge is 0.250 e. The van der Waals surface area contributed by atoms with Crippen LogP contribution in [-0.4, -0.2) is 39.2 Å². The lowest BCUT2D eigenvalue weighted by Crippen LogP contribution is -2.28. The van der Waals surface area contributed by atoms with E-state index in [0.717, 1.165) is 18.2 Å². The average Bonchev–Trinajstić information content (AvgIpc) is 2.89. The number of halogens is 2. The van der Waals surface area contributed by atoms with Crippen LogP contribution in [0.15, 0.2) is 53.5 Å². The van der Waals surface area contributed by atoms with Gasteiger partial charge in [0.2, 0.25) is 10.0 Å². The maximum Gasteiger partial charge on any atom is 0.250 e. The van der Waals surface area contributed by atoms with E-state index in [1.54, 1.807) is 0 Å². The molecule has 1 aromatic heterocycles. The third-order valence-electron chi connectivity index (χ3n) is 6.62. The van der Waals surface area contributed by atoms with Crippen LogP contribution in [0.25, 0.3) is 11.1 Å². The Morgan fingerprint density at radius 1 is 1.05 bits per heavy atom. The molecule has 3 rings (SSSR count). The zero-order chi connectivity index (χ0) is 30.0. The molecule has 0 bridgehead atoms. The molecule has 2 aromatic carbocycles. The minimum Gasteiger partial charge on any atom is -0.318 e. The van der Waals surface area contributed by atoms with Gasteiger partial charge in [0.15, 0.2) is 5.78 Å². The van der Waals surface area contributed by atoms with Gasteiger partial charge in [-0.15, -0.1) is 0 Å². The predicted octanol–water partition coefficient (Wildman–Crippen LogP) is 5.36. The average molecular weight is 593 g/mol. The Hall–Kier alpha value is -3.18. The van der Waals surface area contributed by atoms with E-state index in [9.17, 15) is 26.6 Å². The van der Waals surface area contributed by atoms with E-state index in [1.807, 2.05) is 27.7 Å². The first-order valence-electron chi connectivity index (χ1n) is 12.8. The lowest BCUT2D eigenvalue weighted by Gasteiger charge is -2.25. The number of aromatic nitrogens is 1. The molecule has 0 saturated heterocycles. The van der Waals surface area contributed by atoms with E-state index >= 15 is 4.39 Å². The summed E-state index contributed by atoms with van der Waals surface area (Å²) in [4.78, 5) is 26.4. The fourth-order valence-electron chi connectivity index (χ4n) is 4.13. The molecule has 0 radical (unpaired) electrons. The van der Waals surface area contributed by atoms with Gasteiger partial charge in [0, 0.05) is 57.3 Å². The minimum atomic E-state index is -3.87. The van der Waals surface area contributed by atoms with Gasteiger partial charge in [0.1, 0.15) is 11.6 Å². The number of hydrogen-bond donors (Lipinski definition) is 1. The van der Waals surface area contributed by atoms with E-state index in [1.165, 1.54) is 49.0 Å². The van der Waals surface area contributed by atoms with Crippen LogP contribution in [-0.2, 0) is 27.9 Å². The lowest BCUT2D eigenvalue weighted by atomic mass is 9.87. The van der Waals surface area contributed by atoms with Crippen LogP contribution in [0.1, 0.15) is 68.4 Å². The van der Waals surface area contributed by atoms with Crippen molar-refractivity contribution >= 4 is 32.3 Å². The summed E-state index contributed by atoms with van der Waals surface area (Å²) in [5.74, 6) is -2.58. The normalized spacial score (nSPS) is 13.6. The molecule has 0 saturated carbocycles. The Morgan fingerprint density at radius 3 is 2.23 bits per heavy atom. The summed E-state index contributed by atoms with van der Waals surface area (Å²) in [6, 6.07) is 8.35. The van der Waals surface area contributed by atoms with Crippen molar-refractivity contribution < 1.29 is 26.2 Å². The van der Waals surface area contributed by atoms with Gasteiger partial charge in [-0.1, -0.05) is 6.92 Å². The number of carbonyl (C=O) groups excluding carboxylic acids is 1. The zero-order valence-corrected chi connectivity index (χ0v) is 25.0. The van der Waals surface area contributed by atoms with Crippen molar-refractivity contribution in [2.24, 2.45) is 7.05 Å². The van der Waals surface area contributed by atoms with Crippen molar-refractivity contribution in [3.63, 3.8) is 0 Å². The molecule has 3 aromatic rings. The van der Waals surface area contributed by atoms with E-state index in [4.69, 9.17) is 0 Å². The SMILES string of the molecule is CC[C@H](C[S@@](=O)C(C)(C)C)c1cc(=O)n(C)cc1-c1cc(NS(=O)(=O)CC)c(F)cc1C(=O)c1ccc(F)cc1. The van der Waals surface area contributed by atoms with Gasteiger partial charge >= 0.3 is 0 Å². The molecule has 2 atom stereocenters. The third kappa shape index (κ3) is 7.11. The standard InChI is InChI=1S/C29H34F2N2O5S2/c1-7-18(17-39(36)29(3,4)5)21-15-27(34)33(6)16-24(21)22-14-26(32-40(37,38)8-2)25(31)13-23(22)28(35)19-9-11-20(30)12-10-19/h9-16,18,32H,7-8,17H2,1-6H3/t18-,39-/m1/s1. The molecule has 40 heavy (non-hydrogen) atoms. The molecular weight excluding hydrogens is 558 g/mol. The Kier molecular flexibility index (Phi) is 9.51. The van der Waals surface area contributed by atoms with Crippen molar-refractivity contribution in [2.45, 2.75) is 51.7 Å². The molecule has 1 N–H and O–H groups in total. The Labute approximate surface area is 236 Å². The Bertz CT molecular complexity index is 1610. The number of nitrogens with zero attached hydrogens (tertiary/aromatic N) is 1. The number of rotatable bonds is 10. The molecule has 1 heterocycles. The number of pyridine rings is 1. The molecule has 0 aliphatic carbocycles. The zero-order valence-electron chi connectivity index (χ0n) is 23.4. The first kappa shape index (κ1) is 31.3. The number of aryl methyl sites for hydroxylation is 1. The fraction of sp³-hybridized carbons (Fsp3) is 0.379. The minimum absolute atomic E-state index is 0.0937. The highest BCUT2D eigenvalue weighted by Crippen LogP contribution is 2.37. The first-order chi connectivity index (χ1) is 18.6. The highest BCUT2D eigenvalue weighted by atomic mass is 32.2. The third-order valence-corrected chi connectivity index (χ3v) is 9.98. The van der Waals surface area contributed by atoms with E-state index in [-0.39, 0.29) is 45.4 Å². The summed E-state index contributed by atoms with van der Waals surface area (Å²) in [5.41, 5.74) is 0.369. The molecule has 0 aliphatic heterocycles. The van der Waals surface area contributed by atoms with Crippen molar-refractivity contribution in [3.8, 4) is 11.1 Å². The second kappa shape index (κ2) is 12.1. The first-order valence-corrected chi connectivity index (χ1v) is 15.8. The van der Waals surface area contributed by atoms with E-state index in [0.29, 0.717) is 17.5 Å². The summed E-state index contributed by atoms with van der Waals surface area (Å²) in [6.07, 6.45) is 2.02. The lowest BCUT2D eigenvalue weighted by molar-refractivity contribution is 0.103. The molecule has 7 nitrogen and oxygen atoms in total. The van der Waals surface area contributed by atoms with Crippen LogP contribution in [0.5, 0.6) is 0 Å². The molecule has 0 aliphatic rings. The van der Waals surface area contributed by atoms with Crippen LogP contribution in [0, 0.1) is 11.6 Å². The topological polar surface area (TPSA) is 102 Å². The summed E-state index contributed by atoms with van der Waals surface area (Å²) in [5, 5.41) is 0. The van der Waals surface area contributed by atoms with Crippen molar-refractivity contribution in [2.75, 3.05) is 16.2 Å². The molecule has 216 valence electrons. The number of ketones is 1. The monoisotopic (exact) mass is 592 g/mol. The van der Waals surface area contributed by atoms with E-state index < -0.39 is 43.0 Å². The number of nitrogens with one attached hydrogen (secondary N) is 1. The van der Waals surface area contributed by atoms with Gasteiger partial charge in [0.25, 0.3) is 5.56 Å². The number of sulfonamides is 1. The van der Waals surface area contributed by atoms with Gasteiger partial charge in [-0.05, 0) is 87.6 Å². The van der Waals surface area contributed by atoms with Gasteiger partial charge in [0.05, 0.1) is 11.4 Å². The highest BCUT2D eigenvalue weighted by Gasteiger charge is 2.28. The quantitative estimate of drug-likeness (QED) is 0.319. The maximum absolute atomic E-state index is 15.3. The van der Waals surface area contributed by atoms with Crippen molar-refractivity contribution in [1.82, 2.24) is 4.57 Å². The summed E-state index contributed by atoms with van der Waals surface area (Å²) < 4.78 is 69.6. The van der Waals surface area contributed by atoms with Gasteiger partial charge in [-0.3, -0.25) is 18.5 Å². The number of anilines is 1. The molecule has 0 unspecified atom stereocenters. The van der Waals surface area contributed by atoms with Crippen LogP contribution in [0.3, 0.4) is 0 Å². The maximum atomic E-state index is 15.3. The van der Waals surface area contributed by atoms with Gasteiger partial charge < -0.3 is 4.57 Å². The molecule has 0 amide bonds. The summed E-state index contributed by atoms with van der Waals surface area (Å²) >= 11 is 0. The summed E-state index contributed by atoms with van der Waals surface area (Å²) in [6.45, 7) is 8.85. The van der Waals surface area contributed by atoms with Crippen LogP contribution >= 0.6 is 0 Å².